The van der Waals surface area contributed by atoms with Crippen LogP contribution in [0, 0.1) is 5.92 Å². The van der Waals surface area contributed by atoms with Gasteiger partial charge in [0, 0.05) is 12.1 Å². The monoisotopic (exact) mass is 255 g/mol. The van der Waals surface area contributed by atoms with E-state index in [0.717, 1.165) is 12.8 Å². The molecule has 5 nitrogen and oxygen atoms in total. The second-order valence-corrected chi connectivity index (χ2v) is 6.40. The second kappa shape index (κ2) is 4.14. The predicted molar refractivity (Wildman–Crippen MR) is 65.3 cm³/mol. The largest absolute Gasteiger partial charge is 0.481 e. The molecule has 0 aromatic rings. The lowest BCUT2D eigenvalue weighted by molar-refractivity contribution is -0.150. The first-order valence-corrected chi connectivity index (χ1v) is 6.47. The minimum Gasteiger partial charge on any atom is -0.481 e. The maximum Gasteiger partial charge on any atom is 0.410 e. The lowest BCUT2D eigenvalue weighted by Gasteiger charge is -2.49. The third-order valence-corrected chi connectivity index (χ3v) is 3.81. The molecule has 0 bridgehead atoms. The van der Waals surface area contributed by atoms with Gasteiger partial charge in [0.2, 0.25) is 0 Å². The molecule has 102 valence electrons. The normalized spacial score (nSPS) is 31.3. The Morgan fingerprint density at radius 2 is 1.94 bits per heavy atom. The third-order valence-electron chi connectivity index (χ3n) is 3.81. The molecule has 5 heteroatoms. The van der Waals surface area contributed by atoms with Crippen molar-refractivity contribution in [2.24, 2.45) is 5.92 Å². The first kappa shape index (κ1) is 13.2. The van der Waals surface area contributed by atoms with Crippen LogP contribution in [0.1, 0.15) is 46.5 Å². The summed E-state index contributed by atoms with van der Waals surface area (Å²) in [6.07, 6.45) is 2.67. The first-order valence-electron chi connectivity index (χ1n) is 6.47. The number of ether oxygens (including phenoxy) is 1. The number of carboxylic acids is 1. The SMILES string of the molecule is CC(C)(C)OC(=O)N1CCCC12CC(C(=O)O)C2. The maximum absolute atomic E-state index is 12.1. The molecule has 0 atom stereocenters. The summed E-state index contributed by atoms with van der Waals surface area (Å²) in [5, 5.41) is 8.95. The van der Waals surface area contributed by atoms with Gasteiger partial charge >= 0.3 is 12.1 Å². The van der Waals surface area contributed by atoms with Crippen molar-refractivity contribution < 1.29 is 19.4 Å². The number of hydrogen-bond donors (Lipinski definition) is 1. The summed E-state index contributed by atoms with van der Waals surface area (Å²) in [4.78, 5) is 24.7. The first-order chi connectivity index (χ1) is 8.23. The number of nitrogens with zero attached hydrogens (tertiary/aromatic N) is 1. The highest BCUT2D eigenvalue weighted by atomic mass is 16.6. The Hall–Kier alpha value is -1.26. The fraction of sp³-hybridized carbons (Fsp3) is 0.846. The van der Waals surface area contributed by atoms with Crippen molar-refractivity contribution in [1.29, 1.82) is 0 Å². The van der Waals surface area contributed by atoms with Gasteiger partial charge in [-0.1, -0.05) is 0 Å². The summed E-state index contributed by atoms with van der Waals surface area (Å²) < 4.78 is 5.39. The Kier molecular flexibility index (Phi) is 3.03. The van der Waals surface area contributed by atoms with Crippen molar-refractivity contribution in [3.05, 3.63) is 0 Å². The zero-order valence-corrected chi connectivity index (χ0v) is 11.2. The van der Waals surface area contributed by atoms with Gasteiger partial charge in [-0.3, -0.25) is 4.79 Å². The number of amides is 1. The van der Waals surface area contributed by atoms with Crippen molar-refractivity contribution >= 4 is 12.1 Å². The Morgan fingerprint density at radius 3 is 2.44 bits per heavy atom. The van der Waals surface area contributed by atoms with Crippen LogP contribution >= 0.6 is 0 Å². The molecular weight excluding hydrogens is 234 g/mol. The molecule has 1 N–H and O–H groups in total. The Labute approximate surface area is 107 Å². The smallest absolute Gasteiger partial charge is 0.410 e. The Balaban J connectivity index is 2.01. The second-order valence-electron chi connectivity index (χ2n) is 6.40. The number of rotatable bonds is 1. The molecule has 1 aliphatic heterocycles. The molecule has 1 heterocycles. The van der Waals surface area contributed by atoms with Gasteiger partial charge in [-0.25, -0.2) is 4.79 Å². The molecule has 1 saturated carbocycles. The van der Waals surface area contributed by atoms with Crippen LogP contribution in [0.2, 0.25) is 0 Å². The molecule has 1 amide bonds. The lowest BCUT2D eigenvalue weighted by atomic mass is 9.67. The van der Waals surface area contributed by atoms with Crippen LogP contribution in [0.25, 0.3) is 0 Å². The van der Waals surface area contributed by atoms with Gasteiger partial charge in [-0.15, -0.1) is 0 Å². The number of carboxylic acid groups (broad SMARTS) is 1. The molecule has 0 aromatic heterocycles. The average molecular weight is 255 g/mol. The molecule has 1 saturated heterocycles. The summed E-state index contributed by atoms with van der Waals surface area (Å²) in [6, 6.07) is 0. The van der Waals surface area contributed by atoms with Crippen LogP contribution in [-0.4, -0.2) is 39.8 Å². The van der Waals surface area contributed by atoms with E-state index in [2.05, 4.69) is 0 Å². The van der Waals surface area contributed by atoms with E-state index in [1.54, 1.807) is 4.90 Å². The van der Waals surface area contributed by atoms with E-state index in [9.17, 15) is 9.59 Å². The topological polar surface area (TPSA) is 66.8 Å². The summed E-state index contributed by atoms with van der Waals surface area (Å²) in [7, 11) is 0. The van der Waals surface area contributed by atoms with Crippen LogP contribution in [0.4, 0.5) is 4.79 Å². The van der Waals surface area contributed by atoms with Crippen molar-refractivity contribution in [3.63, 3.8) is 0 Å². The number of carbonyl (C=O) groups excluding carboxylic acids is 1. The third kappa shape index (κ3) is 2.31. The van der Waals surface area contributed by atoms with Gasteiger partial charge in [0.25, 0.3) is 0 Å². The van der Waals surface area contributed by atoms with Crippen LogP contribution in [0.5, 0.6) is 0 Å². The molecule has 0 aromatic carbocycles. The minimum absolute atomic E-state index is 0.245. The van der Waals surface area contributed by atoms with E-state index in [0.29, 0.717) is 19.4 Å². The molecule has 18 heavy (non-hydrogen) atoms. The molecular formula is C13H21NO4. The Bertz CT molecular complexity index is 366. The zero-order valence-electron chi connectivity index (χ0n) is 11.2. The van der Waals surface area contributed by atoms with Crippen LogP contribution in [-0.2, 0) is 9.53 Å². The molecule has 1 spiro atoms. The van der Waals surface area contributed by atoms with E-state index in [1.807, 2.05) is 20.8 Å². The lowest BCUT2D eigenvalue weighted by Crippen LogP contribution is -2.58. The number of hydrogen-bond acceptors (Lipinski definition) is 3. The van der Waals surface area contributed by atoms with E-state index in [-0.39, 0.29) is 17.6 Å². The van der Waals surface area contributed by atoms with Crippen molar-refractivity contribution in [3.8, 4) is 0 Å². The average Bonchev–Trinajstić information content (AvgIpc) is 2.55. The van der Waals surface area contributed by atoms with Gasteiger partial charge in [0.05, 0.1) is 5.92 Å². The summed E-state index contributed by atoms with van der Waals surface area (Å²) >= 11 is 0. The maximum atomic E-state index is 12.1. The molecule has 0 radical (unpaired) electrons. The fourth-order valence-electron chi connectivity index (χ4n) is 3.00. The number of carbonyl (C=O) groups is 2. The molecule has 2 fully saturated rings. The predicted octanol–water partition coefficient (Wildman–Crippen LogP) is 2.25. The highest BCUT2D eigenvalue weighted by Gasteiger charge is 2.55. The Morgan fingerprint density at radius 1 is 1.33 bits per heavy atom. The van der Waals surface area contributed by atoms with Crippen molar-refractivity contribution in [1.82, 2.24) is 4.90 Å². The highest BCUT2D eigenvalue weighted by Crippen LogP contribution is 2.49. The molecule has 1 aliphatic carbocycles. The van der Waals surface area contributed by atoms with Gasteiger partial charge in [0.1, 0.15) is 5.60 Å². The minimum atomic E-state index is -0.753. The van der Waals surface area contributed by atoms with E-state index >= 15 is 0 Å². The standard InChI is InChI=1S/C13H21NO4/c1-12(2,3)18-11(17)14-6-4-5-13(14)7-9(8-13)10(15)16/h9H,4-8H2,1-3H3,(H,15,16). The highest BCUT2D eigenvalue weighted by molar-refractivity contribution is 5.74. The fourth-order valence-corrected chi connectivity index (χ4v) is 3.00. The van der Waals surface area contributed by atoms with Gasteiger partial charge in [-0.2, -0.15) is 0 Å². The van der Waals surface area contributed by atoms with E-state index in [4.69, 9.17) is 9.84 Å². The number of aliphatic carboxylic acids is 1. The van der Waals surface area contributed by atoms with Gasteiger partial charge < -0.3 is 14.7 Å². The number of likely N-dealkylation sites (tertiary alicyclic amines) is 1. The van der Waals surface area contributed by atoms with E-state index in [1.165, 1.54) is 0 Å². The van der Waals surface area contributed by atoms with Crippen molar-refractivity contribution in [2.75, 3.05) is 6.54 Å². The quantitative estimate of drug-likeness (QED) is 0.780. The van der Waals surface area contributed by atoms with Crippen molar-refractivity contribution in [2.45, 2.75) is 57.6 Å². The zero-order chi connectivity index (χ0) is 13.6. The summed E-state index contributed by atoms with van der Waals surface area (Å²) in [6.45, 7) is 6.21. The molecule has 2 aliphatic rings. The van der Waals surface area contributed by atoms with Gasteiger partial charge in [-0.05, 0) is 46.5 Å². The van der Waals surface area contributed by atoms with Crippen LogP contribution < -0.4 is 0 Å². The van der Waals surface area contributed by atoms with Crippen LogP contribution in [0.15, 0.2) is 0 Å². The molecule has 2 rings (SSSR count). The van der Waals surface area contributed by atoms with Crippen LogP contribution in [0.3, 0.4) is 0 Å². The van der Waals surface area contributed by atoms with Gasteiger partial charge in [0.15, 0.2) is 0 Å². The van der Waals surface area contributed by atoms with E-state index < -0.39 is 11.6 Å². The summed E-state index contributed by atoms with van der Waals surface area (Å²) in [5.74, 6) is -1.05. The summed E-state index contributed by atoms with van der Waals surface area (Å²) in [5.41, 5.74) is -0.748. The molecule has 0 unspecified atom stereocenters.